The summed E-state index contributed by atoms with van der Waals surface area (Å²) in [5.74, 6) is 1.17. The van der Waals surface area contributed by atoms with Gasteiger partial charge in [-0.15, -0.1) is 4.37 Å². The second kappa shape index (κ2) is 10.5. The molecule has 1 fully saturated rings. The molecule has 0 saturated carbocycles. The van der Waals surface area contributed by atoms with Gasteiger partial charge in [0.2, 0.25) is 11.7 Å². The molecule has 0 aliphatic carbocycles. The number of morpholine rings is 1. The maximum atomic E-state index is 11.4. The minimum atomic E-state index is -0.667. The molecule has 9 nitrogen and oxygen atoms in total. The van der Waals surface area contributed by atoms with E-state index in [9.17, 15) is 9.90 Å². The molecule has 1 saturated heterocycles. The van der Waals surface area contributed by atoms with E-state index in [0.29, 0.717) is 44.5 Å². The fourth-order valence-electron chi connectivity index (χ4n) is 2.22. The zero-order valence-corrected chi connectivity index (χ0v) is 15.5. The fraction of sp³-hybridized carbons (Fsp3) is 0.800. The second-order valence-electron chi connectivity index (χ2n) is 6.11. The smallest absolute Gasteiger partial charge is 0.270 e. The van der Waals surface area contributed by atoms with Crippen molar-refractivity contribution in [1.82, 2.24) is 19.4 Å². The van der Waals surface area contributed by atoms with Gasteiger partial charge in [0, 0.05) is 38.6 Å². The van der Waals surface area contributed by atoms with Gasteiger partial charge in [-0.2, -0.15) is 4.37 Å². The van der Waals surface area contributed by atoms with Crippen LogP contribution in [0.4, 0.5) is 5.82 Å². The molecule has 0 aromatic carbocycles. The van der Waals surface area contributed by atoms with Crippen molar-refractivity contribution in [2.75, 3.05) is 57.4 Å². The van der Waals surface area contributed by atoms with Crippen LogP contribution in [0.2, 0.25) is 0 Å². The molecular weight excluding hydrogens is 346 g/mol. The number of aliphatic hydroxyl groups is 1. The van der Waals surface area contributed by atoms with Crippen LogP contribution in [0.25, 0.3) is 0 Å². The van der Waals surface area contributed by atoms with Crippen molar-refractivity contribution < 1.29 is 19.4 Å². The number of ether oxygens (including phenoxy) is 2. The van der Waals surface area contributed by atoms with E-state index in [1.807, 2.05) is 13.8 Å². The Hall–Kier alpha value is -1.49. The Morgan fingerprint density at radius 2 is 2.12 bits per heavy atom. The van der Waals surface area contributed by atoms with Crippen LogP contribution in [0.5, 0.6) is 5.88 Å². The van der Waals surface area contributed by atoms with Gasteiger partial charge in [-0.3, -0.25) is 4.79 Å². The monoisotopic (exact) mass is 373 g/mol. The van der Waals surface area contributed by atoms with Crippen LogP contribution in [0.1, 0.15) is 13.8 Å². The molecule has 1 aliphatic rings. The highest BCUT2D eigenvalue weighted by atomic mass is 32.1. The van der Waals surface area contributed by atoms with E-state index < -0.39 is 6.10 Å². The first-order valence-electron chi connectivity index (χ1n) is 8.52. The number of aromatic nitrogens is 2. The van der Waals surface area contributed by atoms with E-state index in [1.54, 1.807) is 0 Å². The molecule has 0 spiro atoms. The highest BCUT2D eigenvalue weighted by Crippen LogP contribution is 2.26. The van der Waals surface area contributed by atoms with E-state index >= 15 is 0 Å². The molecule has 1 aliphatic heterocycles. The lowest BCUT2D eigenvalue weighted by atomic mass is 10.2. The van der Waals surface area contributed by atoms with Gasteiger partial charge in [0.1, 0.15) is 12.7 Å². The highest BCUT2D eigenvalue weighted by molar-refractivity contribution is 6.99. The molecule has 0 radical (unpaired) electrons. The number of carbonyl (C=O) groups is 1. The number of amides is 1. The van der Waals surface area contributed by atoms with Crippen LogP contribution in [0.3, 0.4) is 0 Å². The highest BCUT2D eigenvalue weighted by Gasteiger charge is 2.20. The van der Waals surface area contributed by atoms with Crippen LogP contribution in [0, 0.1) is 5.92 Å². The molecule has 2 rings (SSSR count). The Morgan fingerprint density at radius 3 is 2.84 bits per heavy atom. The van der Waals surface area contributed by atoms with Gasteiger partial charge >= 0.3 is 0 Å². The minimum Gasteiger partial charge on any atom is -0.472 e. The Kier molecular flexibility index (Phi) is 8.32. The number of aliphatic hydroxyl groups excluding tert-OH is 1. The van der Waals surface area contributed by atoms with E-state index in [0.717, 1.165) is 24.8 Å². The van der Waals surface area contributed by atoms with Crippen molar-refractivity contribution in [3.8, 4) is 5.88 Å². The quantitative estimate of drug-likeness (QED) is 0.470. The third kappa shape index (κ3) is 6.73. The van der Waals surface area contributed by atoms with Gasteiger partial charge < -0.3 is 30.1 Å². The summed E-state index contributed by atoms with van der Waals surface area (Å²) in [6.07, 6.45) is -0.667. The average Bonchev–Trinajstić information content (AvgIpc) is 3.08. The van der Waals surface area contributed by atoms with Gasteiger partial charge in [0.15, 0.2) is 0 Å². The van der Waals surface area contributed by atoms with Crippen molar-refractivity contribution in [3.05, 3.63) is 0 Å². The van der Waals surface area contributed by atoms with Crippen LogP contribution in [0.15, 0.2) is 0 Å². The number of nitrogens with one attached hydrogen (secondary N) is 2. The first kappa shape index (κ1) is 19.8. The lowest BCUT2D eigenvalue weighted by Crippen LogP contribution is -2.38. The number of nitrogens with zero attached hydrogens (tertiary/aromatic N) is 3. The zero-order chi connectivity index (χ0) is 18.1. The summed E-state index contributed by atoms with van der Waals surface area (Å²) in [4.78, 5) is 13.5. The van der Waals surface area contributed by atoms with Crippen molar-refractivity contribution >= 4 is 23.5 Å². The lowest BCUT2D eigenvalue weighted by Gasteiger charge is -2.26. The van der Waals surface area contributed by atoms with Gasteiger partial charge in [-0.1, -0.05) is 13.8 Å². The first-order valence-corrected chi connectivity index (χ1v) is 9.25. The Balaban J connectivity index is 1.63. The van der Waals surface area contributed by atoms with Crippen LogP contribution < -0.4 is 20.3 Å². The Morgan fingerprint density at radius 1 is 1.36 bits per heavy atom. The molecule has 25 heavy (non-hydrogen) atoms. The summed E-state index contributed by atoms with van der Waals surface area (Å²) in [6.45, 7) is 8.17. The lowest BCUT2D eigenvalue weighted by molar-refractivity contribution is -0.123. The van der Waals surface area contributed by atoms with E-state index in [1.165, 1.54) is 0 Å². The van der Waals surface area contributed by atoms with Crippen LogP contribution >= 0.6 is 11.7 Å². The Labute approximate surface area is 152 Å². The maximum absolute atomic E-state index is 11.4. The summed E-state index contributed by atoms with van der Waals surface area (Å²) in [6, 6.07) is 0. The molecule has 1 atom stereocenters. The summed E-state index contributed by atoms with van der Waals surface area (Å²) >= 11 is 1.10. The van der Waals surface area contributed by atoms with Gasteiger partial charge in [0.25, 0.3) is 5.88 Å². The largest absolute Gasteiger partial charge is 0.472 e. The van der Waals surface area contributed by atoms with Gasteiger partial charge in [-0.05, 0) is 0 Å². The minimum absolute atomic E-state index is 0.0219. The summed E-state index contributed by atoms with van der Waals surface area (Å²) in [5.41, 5.74) is 0. The van der Waals surface area contributed by atoms with Crippen molar-refractivity contribution in [3.63, 3.8) is 0 Å². The SMILES string of the molecule is CC(C)C(=O)NCCNCC(O)COc1nsnc1N1CCOCC1. The van der Waals surface area contributed by atoms with E-state index in [2.05, 4.69) is 24.3 Å². The molecule has 1 unspecified atom stereocenters. The number of rotatable bonds is 10. The second-order valence-corrected chi connectivity index (χ2v) is 6.64. The number of anilines is 1. The van der Waals surface area contributed by atoms with Crippen molar-refractivity contribution in [2.45, 2.75) is 20.0 Å². The third-order valence-electron chi connectivity index (χ3n) is 3.67. The van der Waals surface area contributed by atoms with Crippen LogP contribution in [-0.4, -0.2) is 78.4 Å². The van der Waals surface area contributed by atoms with Gasteiger partial charge in [-0.25, -0.2) is 0 Å². The Bertz CT molecular complexity index is 522. The maximum Gasteiger partial charge on any atom is 0.270 e. The first-order chi connectivity index (χ1) is 12.1. The van der Waals surface area contributed by atoms with E-state index in [-0.39, 0.29) is 18.4 Å². The molecule has 1 aromatic heterocycles. The molecule has 1 amide bonds. The molecular formula is C15H27N5O4S. The molecule has 10 heteroatoms. The standard InChI is InChI=1S/C15H27N5O4S/c1-11(2)14(22)17-4-3-16-9-12(21)10-24-15-13(18-25-19-15)20-5-7-23-8-6-20/h11-12,16,21H,3-10H2,1-2H3,(H,17,22). The average molecular weight is 373 g/mol. The molecule has 2 heterocycles. The molecule has 3 N–H and O–H groups in total. The number of hydrogen-bond acceptors (Lipinski definition) is 9. The predicted octanol–water partition coefficient (Wildman–Crippen LogP) is -0.524. The fourth-order valence-corrected chi connectivity index (χ4v) is 2.74. The third-order valence-corrected chi connectivity index (χ3v) is 4.17. The summed E-state index contributed by atoms with van der Waals surface area (Å²) < 4.78 is 19.4. The predicted molar refractivity (Wildman–Crippen MR) is 95.2 cm³/mol. The molecule has 142 valence electrons. The van der Waals surface area contributed by atoms with Crippen molar-refractivity contribution in [2.24, 2.45) is 5.92 Å². The molecule has 0 bridgehead atoms. The summed E-state index contributed by atoms with van der Waals surface area (Å²) in [7, 11) is 0. The normalized spacial score (nSPS) is 16.1. The number of hydrogen-bond donors (Lipinski definition) is 3. The van der Waals surface area contributed by atoms with Gasteiger partial charge in [0.05, 0.1) is 24.9 Å². The van der Waals surface area contributed by atoms with Crippen molar-refractivity contribution in [1.29, 1.82) is 0 Å². The topological polar surface area (TPSA) is 109 Å². The van der Waals surface area contributed by atoms with Crippen LogP contribution in [-0.2, 0) is 9.53 Å². The van der Waals surface area contributed by atoms with E-state index in [4.69, 9.17) is 9.47 Å². The molecule has 1 aromatic rings. The number of carbonyl (C=O) groups excluding carboxylic acids is 1. The zero-order valence-electron chi connectivity index (χ0n) is 14.7. The summed E-state index contributed by atoms with van der Waals surface area (Å²) in [5, 5.41) is 15.9.